The maximum absolute atomic E-state index is 5.42. The van der Waals surface area contributed by atoms with E-state index in [0.717, 1.165) is 31.8 Å². The van der Waals surface area contributed by atoms with Crippen molar-refractivity contribution in [3.63, 3.8) is 0 Å². The van der Waals surface area contributed by atoms with E-state index in [1.54, 1.807) is 6.08 Å². The third-order valence-corrected chi connectivity index (χ3v) is 2.40. The highest BCUT2D eigenvalue weighted by Crippen LogP contribution is 2.11. The van der Waals surface area contributed by atoms with Gasteiger partial charge in [-0.25, -0.2) is 0 Å². The summed E-state index contributed by atoms with van der Waals surface area (Å²) in [5, 5.41) is 6.53. The van der Waals surface area contributed by atoms with Gasteiger partial charge in [0, 0.05) is 6.54 Å². The van der Waals surface area contributed by atoms with E-state index in [4.69, 9.17) is 4.74 Å². The molecule has 2 N–H and O–H groups in total. The minimum Gasteiger partial charge on any atom is -0.490 e. The molecule has 3 nitrogen and oxygen atoms in total. The average Bonchev–Trinajstić information content (AvgIpc) is 2.37. The monoisotopic (exact) mass is 306 g/mol. The summed E-state index contributed by atoms with van der Waals surface area (Å²) in [6, 6.07) is 8.16. The van der Waals surface area contributed by atoms with Gasteiger partial charge in [0.1, 0.15) is 12.4 Å². The molecule has 1 rings (SSSR count). The van der Waals surface area contributed by atoms with Gasteiger partial charge < -0.3 is 15.4 Å². The molecule has 0 saturated heterocycles. The lowest BCUT2D eigenvalue weighted by Gasteiger charge is -2.06. The van der Waals surface area contributed by atoms with Crippen molar-refractivity contribution in [1.82, 2.24) is 10.6 Å². The third kappa shape index (κ3) is 9.79. The van der Waals surface area contributed by atoms with E-state index < -0.39 is 0 Å². The Bertz CT molecular complexity index is 318. The zero-order valence-corrected chi connectivity index (χ0v) is 13.0. The maximum Gasteiger partial charge on any atom is 0.119 e. The quantitative estimate of drug-likeness (QED) is 0.544. The molecule has 0 aliphatic heterocycles. The summed E-state index contributed by atoms with van der Waals surface area (Å²) in [5.74, 6) is 0.892. The van der Waals surface area contributed by atoms with Gasteiger partial charge in [0.15, 0.2) is 0 Å². The second-order valence-corrected chi connectivity index (χ2v) is 3.88. The molecular formula is C14H24Cl2N2O. The predicted octanol–water partition coefficient (Wildman–Crippen LogP) is 2.79. The molecular weight excluding hydrogens is 283 g/mol. The average molecular weight is 307 g/mol. The summed E-state index contributed by atoms with van der Waals surface area (Å²) in [7, 11) is 1.97. The van der Waals surface area contributed by atoms with E-state index in [1.807, 2.05) is 19.2 Å². The lowest BCUT2D eigenvalue weighted by Crippen LogP contribution is -2.19. The second-order valence-electron chi connectivity index (χ2n) is 3.88. The molecule has 0 aliphatic rings. The summed E-state index contributed by atoms with van der Waals surface area (Å²) in [5.41, 5.74) is 1.28. The minimum absolute atomic E-state index is 0. The van der Waals surface area contributed by atoms with Crippen molar-refractivity contribution in [3.8, 4) is 5.75 Å². The maximum atomic E-state index is 5.42. The second kappa shape index (κ2) is 13.7. The van der Waals surface area contributed by atoms with Gasteiger partial charge in [0.2, 0.25) is 0 Å². The van der Waals surface area contributed by atoms with Gasteiger partial charge in [-0.2, -0.15) is 0 Å². The Kier molecular flexibility index (Phi) is 14.8. The van der Waals surface area contributed by atoms with Crippen molar-refractivity contribution in [1.29, 1.82) is 0 Å². The molecule has 0 bridgehead atoms. The molecule has 19 heavy (non-hydrogen) atoms. The molecule has 0 heterocycles. The van der Waals surface area contributed by atoms with Crippen LogP contribution in [-0.4, -0.2) is 26.7 Å². The van der Waals surface area contributed by atoms with E-state index in [0.29, 0.717) is 6.61 Å². The summed E-state index contributed by atoms with van der Waals surface area (Å²) < 4.78 is 5.42. The van der Waals surface area contributed by atoms with E-state index in [2.05, 4.69) is 29.3 Å². The van der Waals surface area contributed by atoms with Crippen LogP contribution in [0.4, 0.5) is 0 Å². The van der Waals surface area contributed by atoms with E-state index >= 15 is 0 Å². The Labute approximate surface area is 128 Å². The number of ether oxygens (including phenoxy) is 1. The Morgan fingerprint density at radius 2 is 1.84 bits per heavy atom. The largest absolute Gasteiger partial charge is 0.490 e. The van der Waals surface area contributed by atoms with Crippen molar-refractivity contribution in [3.05, 3.63) is 42.5 Å². The topological polar surface area (TPSA) is 33.3 Å². The van der Waals surface area contributed by atoms with Crippen molar-refractivity contribution >= 4 is 24.8 Å². The number of halogens is 2. The van der Waals surface area contributed by atoms with Gasteiger partial charge in [-0.15, -0.1) is 24.8 Å². The van der Waals surface area contributed by atoms with E-state index in [-0.39, 0.29) is 24.8 Å². The van der Waals surface area contributed by atoms with Crippen molar-refractivity contribution in [2.24, 2.45) is 0 Å². The van der Waals surface area contributed by atoms with E-state index in [9.17, 15) is 0 Å². The Hall–Kier alpha value is -0.740. The third-order valence-electron chi connectivity index (χ3n) is 2.40. The number of hydrogen-bond acceptors (Lipinski definition) is 3. The van der Waals surface area contributed by atoms with Crippen molar-refractivity contribution < 1.29 is 4.74 Å². The van der Waals surface area contributed by atoms with Gasteiger partial charge in [-0.05, 0) is 44.3 Å². The van der Waals surface area contributed by atoms with Gasteiger partial charge >= 0.3 is 0 Å². The van der Waals surface area contributed by atoms with Crippen LogP contribution in [0.5, 0.6) is 5.75 Å². The number of hydrogen-bond donors (Lipinski definition) is 2. The van der Waals surface area contributed by atoms with Crippen LogP contribution >= 0.6 is 24.8 Å². The molecule has 1 aromatic carbocycles. The molecule has 0 fully saturated rings. The fourth-order valence-corrected chi connectivity index (χ4v) is 1.48. The Morgan fingerprint density at radius 1 is 1.16 bits per heavy atom. The van der Waals surface area contributed by atoms with Crippen molar-refractivity contribution in [2.45, 2.75) is 13.0 Å². The highest BCUT2D eigenvalue weighted by molar-refractivity contribution is 5.85. The van der Waals surface area contributed by atoms with Gasteiger partial charge in [0.05, 0.1) is 0 Å². The Balaban J connectivity index is 0. The molecule has 0 unspecified atom stereocenters. The standard InChI is InChI=1S/C14H22N2O.2ClH/c1-3-11-17-14-7-5-13(6-8-14)12-16-10-4-9-15-2;;/h3,5-8,15-16H,1,4,9-12H2,2H3;2*1H. The molecule has 110 valence electrons. The molecule has 0 atom stereocenters. The zero-order valence-electron chi connectivity index (χ0n) is 11.4. The summed E-state index contributed by atoms with van der Waals surface area (Å²) >= 11 is 0. The number of nitrogens with one attached hydrogen (secondary N) is 2. The first-order valence-electron chi connectivity index (χ1n) is 6.04. The van der Waals surface area contributed by atoms with Crippen molar-refractivity contribution in [2.75, 3.05) is 26.7 Å². The molecule has 0 aromatic heterocycles. The van der Waals surface area contributed by atoms with Gasteiger partial charge in [-0.3, -0.25) is 0 Å². The van der Waals surface area contributed by atoms with Gasteiger partial charge in [-0.1, -0.05) is 24.8 Å². The van der Waals surface area contributed by atoms with Crippen LogP contribution in [-0.2, 0) is 6.54 Å². The fourth-order valence-electron chi connectivity index (χ4n) is 1.48. The molecule has 1 aromatic rings. The van der Waals surface area contributed by atoms with Crippen LogP contribution in [0, 0.1) is 0 Å². The van der Waals surface area contributed by atoms with Crippen LogP contribution in [0.15, 0.2) is 36.9 Å². The van der Waals surface area contributed by atoms with Crippen LogP contribution in [0.1, 0.15) is 12.0 Å². The summed E-state index contributed by atoms with van der Waals surface area (Å²) in [6.45, 7) is 7.18. The van der Waals surface area contributed by atoms with Crippen LogP contribution in [0.25, 0.3) is 0 Å². The molecule has 0 aliphatic carbocycles. The van der Waals surface area contributed by atoms with Crippen LogP contribution < -0.4 is 15.4 Å². The SMILES string of the molecule is C=CCOc1ccc(CNCCCNC)cc1.Cl.Cl. The Morgan fingerprint density at radius 3 is 2.42 bits per heavy atom. The normalized spacial score (nSPS) is 9.11. The summed E-state index contributed by atoms with van der Waals surface area (Å²) in [4.78, 5) is 0. The molecule has 0 radical (unpaired) electrons. The van der Waals surface area contributed by atoms with E-state index in [1.165, 1.54) is 5.56 Å². The molecule has 0 amide bonds. The van der Waals surface area contributed by atoms with Crippen LogP contribution in [0.3, 0.4) is 0 Å². The molecule has 0 saturated carbocycles. The molecule has 0 spiro atoms. The highest BCUT2D eigenvalue weighted by Gasteiger charge is 1.94. The first kappa shape index (κ1) is 20.6. The first-order chi connectivity index (χ1) is 8.36. The van der Waals surface area contributed by atoms with Gasteiger partial charge in [0.25, 0.3) is 0 Å². The minimum atomic E-state index is 0. The molecule has 5 heteroatoms. The summed E-state index contributed by atoms with van der Waals surface area (Å²) in [6.07, 6.45) is 2.90. The lowest BCUT2D eigenvalue weighted by atomic mass is 10.2. The highest BCUT2D eigenvalue weighted by atomic mass is 35.5. The smallest absolute Gasteiger partial charge is 0.119 e. The fraction of sp³-hybridized carbons (Fsp3) is 0.429. The zero-order chi connectivity index (χ0) is 12.3. The number of rotatable bonds is 9. The first-order valence-corrected chi connectivity index (χ1v) is 6.04. The predicted molar refractivity (Wildman–Crippen MR) is 86.9 cm³/mol. The van der Waals surface area contributed by atoms with Crippen LogP contribution in [0.2, 0.25) is 0 Å². The number of benzene rings is 1. The lowest BCUT2D eigenvalue weighted by molar-refractivity contribution is 0.363.